The second kappa shape index (κ2) is 5.55. The molecule has 1 amide bonds. The van der Waals surface area contributed by atoms with E-state index in [-0.39, 0.29) is 0 Å². The molecule has 1 aromatic heterocycles. The van der Waals surface area contributed by atoms with Gasteiger partial charge in [-0.25, -0.2) is 4.79 Å². The topological polar surface area (TPSA) is 95.1 Å². The molecule has 6 nitrogen and oxygen atoms in total. The van der Waals surface area contributed by atoms with Gasteiger partial charge in [0.05, 0.1) is 17.3 Å². The quantitative estimate of drug-likeness (QED) is 0.786. The molecule has 2 rings (SSSR count). The normalized spacial score (nSPS) is 13.9. The van der Waals surface area contributed by atoms with Gasteiger partial charge in [-0.2, -0.15) is 5.10 Å². The first-order valence-electron chi connectivity index (χ1n) is 6.87. The van der Waals surface area contributed by atoms with Gasteiger partial charge >= 0.3 is 5.97 Å². The number of hydrogen-bond acceptors (Lipinski definition) is 3. The first kappa shape index (κ1) is 15.0. The van der Waals surface area contributed by atoms with Gasteiger partial charge in [0.15, 0.2) is 0 Å². The van der Waals surface area contributed by atoms with E-state index in [4.69, 9.17) is 0 Å². The molecule has 0 saturated carbocycles. The van der Waals surface area contributed by atoms with Gasteiger partial charge in [0, 0.05) is 5.39 Å². The van der Waals surface area contributed by atoms with Crippen LogP contribution in [0, 0.1) is 6.92 Å². The van der Waals surface area contributed by atoms with Crippen molar-refractivity contribution in [3.8, 4) is 0 Å². The van der Waals surface area contributed by atoms with Crippen molar-refractivity contribution < 1.29 is 14.7 Å². The molecule has 0 radical (unpaired) electrons. The number of H-pyrrole nitrogens is 1. The van der Waals surface area contributed by atoms with Crippen LogP contribution in [0.2, 0.25) is 0 Å². The minimum absolute atomic E-state index is 0.367. The molecule has 0 spiro atoms. The van der Waals surface area contributed by atoms with Crippen LogP contribution in [0.4, 0.5) is 0 Å². The molecule has 0 saturated heterocycles. The number of aromatic nitrogens is 2. The van der Waals surface area contributed by atoms with Gasteiger partial charge in [-0.05, 0) is 38.0 Å². The Morgan fingerprint density at radius 2 is 2.14 bits per heavy atom. The Kier molecular flexibility index (Phi) is 3.97. The second-order valence-electron chi connectivity index (χ2n) is 5.49. The zero-order valence-corrected chi connectivity index (χ0v) is 12.4. The summed E-state index contributed by atoms with van der Waals surface area (Å²) < 4.78 is 0. The van der Waals surface area contributed by atoms with E-state index in [1.165, 1.54) is 6.92 Å². The van der Waals surface area contributed by atoms with Gasteiger partial charge in [-0.3, -0.25) is 9.89 Å². The maximum atomic E-state index is 12.5. The molecule has 1 heterocycles. The Morgan fingerprint density at radius 1 is 1.43 bits per heavy atom. The maximum absolute atomic E-state index is 12.5. The molecule has 2 aromatic rings. The first-order valence-corrected chi connectivity index (χ1v) is 6.87. The number of nitrogens with zero attached hydrogens (tertiary/aromatic N) is 1. The van der Waals surface area contributed by atoms with Crippen LogP contribution in [-0.4, -0.2) is 32.7 Å². The van der Waals surface area contributed by atoms with Crippen LogP contribution in [0.5, 0.6) is 0 Å². The van der Waals surface area contributed by atoms with Crippen molar-refractivity contribution in [2.45, 2.75) is 39.2 Å². The highest BCUT2D eigenvalue weighted by Gasteiger charge is 2.34. The van der Waals surface area contributed by atoms with E-state index in [1.807, 2.05) is 19.9 Å². The number of amides is 1. The predicted molar refractivity (Wildman–Crippen MR) is 79.2 cm³/mol. The average molecular weight is 289 g/mol. The van der Waals surface area contributed by atoms with E-state index in [9.17, 15) is 14.7 Å². The fourth-order valence-electron chi connectivity index (χ4n) is 2.43. The minimum atomic E-state index is -1.28. The number of carbonyl (C=O) groups is 2. The summed E-state index contributed by atoms with van der Waals surface area (Å²) in [5.74, 6) is -1.45. The van der Waals surface area contributed by atoms with Crippen LogP contribution in [0.1, 0.15) is 42.6 Å². The molecule has 0 bridgehead atoms. The lowest BCUT2D eigenvalue weighted by Crippen LogP contribution is -2.52. The van der Waals surface area contributed by atoms with Crippen LogP contribution in [0.25, 0.3) is 10.9 Å². The van der Waals surface area contributed by atoms with Gasteiger partial charge in [-0.15, -0.1) is 0 Å². The Labute approximate surface area is 122 Å². The molecular weight excluding hydrogens is 270 g/mol. The summed E-state index contributed by atoms with van der Waals surface area (Å²) in [4.78, 5) is 23.9. The van der Waals surface area contributed by atoms with Crippen LogP contribution >= 0.6 is 0 Å². The Bertz CT molecular complexity index is 693. The molecule has 1 atom stereocenters. The van der Waals surface area contributed by atoms with Crippen molar-refractivity contribution in [1.82, 2.24) is 15.5 Å². The number of benzene rings is 1. The van der Waals surface area contributed by atoms with Crippen LogP contribution in [0.15, 0.2) is 18.3 Å². The SMILES string of the molecule is CCCC(C)(NC(=O)c1cc(C)cc2cn[nH]c12)C(=O)O. The van der Waals surface area contributed by atoms with Crippen molar-refractivity contribution in [3.63, 3.8) is 0 Å². The lowest BCUT2D eigenvalue weighted by molar-refractivity contribution is -0.144. The highest BCUT2D eigenvalue weighted by Crippen LogP contribution is 2.20. The van der Waals surface area contributed by atoms with E-state index in [0.717, 1.165) is 10.9 Å². The summed E-state index contributed by atoms with van der Waals surface area (Å²) in [5.41, 5.74) is 0.664. The third-order valence-electron chi connectivity index (χ3n) is 3.55. The molecule has 112 valence electrons. The number of rotatable bonds is 5. The molecule has 21 heavy (non-hydrogen) atoms. The average Bonchev–Trinajstić information content (AvgIpc) is 2.85. The minimum Gasteiger partial charge on any atom is -0.480 e. The Morgan fingerprint density at radius 3 is 2.76 bits per heavy atom. The third-order valence-corrected chi connectivity index (χ3v) is 3.55. The molecule has 0 aliphatic rings. The Balaban J connectivity index is 2.38. The zero-order valence-electron chi connectivity index (χ0n) is 12.4. The first-order chi connectivity index (χ1) is 9.87. The smallest absolute Gasteiger partial charge is 0.329 e. The number of carboxylic acids is 1. The van der Waals surface area contributed by atoms with Gasteiger partial charge < -0.3 is 10.4 Å². The molecule has 1 aromatic carbocycles. The van der Waals surface area contributed by atoms with Gasteiger partial charge in [0.2, 0.25) is 0 Å². The summed E-state index contributed by atoms with van der Waals surface area (Å²) in [6.07, 6.45) is 2.67. The molecule has 6 heteroatoms. The van der Waals surface area contributed by atoms with E-state index in [2.05, 4.69) is 15.5 Å². The number of aryl methyl sites for hydroxylation is 1. The summed E-state index contributed by atoms with van der Waals surface area (Å²) in [7, 11) is 0. The fourth-order valence-corrected chi connectivity index (χ4v) is 2.43. The Hall–Kier alpha value is -2.37. The van der Waals surface area contributed by atoms with Crippen LogP contribution in [-0.2, 0) is 4.79 Å². The highest BCUT2D eigenvalue weighted by molar-refractivity contribution is 6.07. The second-order valence-corrected chi connectivity index (χ2v) is 5.49. The van der Waals surface area contributed by atoms with Crippen molar-refractivity contribution in [2.24, 2.45) is 0 Å². The molecule has 3 N–H and O–H groups in total. The van der Waals surface area contributed by atoms with Crippen molar-refractivity contribution in [3.05, 3.63) is 29.5 Å². The zero-order chi connectivity index (χ0) is 15.6. The third kappa shape index (κ3) is 2.89. The maximum Gasteiger partial charge on any atom is 0.329 e. The molecular formula is C15H19N3O3. The number of carboxylic acid groups (broad SMARTS) is 1. The number of carbonyl (C=O) groups excluding carboxylic acids is 1. The van der Waals surface area contributed by atoms with Crippen molar-refractivity contribution >= 4 is 22.8 Å². The highest BCUT2D eigenvalue weighted by atomic mass is 16.4. The van der Waals surface area contributed by atoms with Crippen molar-refractivity contribution in [1.29, 1.82) is 0 Å². The van der Waals surface area contributed by atoms with Gasteiger partial charge in [0.25, 0.3) is 5.91 Å². The number of hydrogen-bond donors (Lipinski definition) is 3. The van der Waals surface area contributed by atoms with E-state index in [0.29, 0.717) is 23.9 Å². The molecule has 0 aliphatic carbocycles. The summed E-state index contributed by atoms with van der Waals surface area (Å²) >= 11 is 0. The fraction of sp³-hybridized carbons (Fsp3) is 0.400. The number of aliphatic carboxylic acids is 1. The van der Waals surface area contributed by atoms with E-state index < -0.39 is 17.4 Å². The monoisotopic (exact) mass is 289 g/mol. The largest absolute Gasteiger partial charge is 0.480 e. The summed E-state index contributed by atoms with van der Waals surface area (Å²) in [6, 6.07) is 3.64. The van der Waals surface area contributed by atoms with E-state index >= 15 is 0 Å². The summed E-state index contributed by atoms with van der Waals surface area (Å²) in [6.45, 7) is 5.29. The standard InChI is InChI=1S/C15H19N3O3/c1-4-5-15(3,14(20)21)17-13(19)11-7-9(2)6-10-8-16-18-12(10)11/h6-8H,4-5H2,1-3H3,(H,16,18)(H,17,19)(H,20,21). The predicted octanol–water partition coefficient (Wildman–Crippen LogP) is 2.24. The molecule has 0 aliphatic heterocycles. The molecule has 0 fully saturated rings. The number of nitrogens with one attached hydrogen (secondary N) is 2. The van der Waals surface area contributed by atoms with E-state index in [1.54, 1.807) is 12.3 Å². The van der Waals surface area contributed by atoms with Crippen LogP contribution < -0.4 is 5.32 Å². The number of fused-ring (bicyclic) bond motifs is 1. The lowest BCUT2D eigenvalue weighted by atomic mass is 9.95. The number of aromatic amines is 1. The van der Waals surface area contributed by atoms with Crippen LogP contribution in [0.3, 0.4) is 0 Å². The van der Waals surface area contributed by atoms with Gasteiger partial charge in [0.1, 0.15) is 5.54 Å². The van der Waals surface area contributed by atoms with Crippen molar-refractivity contribution in [2.75, 3.05) is 0 Å². The van der Waals surface area contributed by atoms with Gasteiger partial charge in [-0.1, -0.05) is 13.3 Å². The summed E-state index contributed by atoms with van der Waals surface area (Å²) in [5, 5.41) is 19.5. The lowest BCUT2D eigenvalue weighted by Gasteiger charge is -2.26. The molecule has 1 unspecified atom stereocenters.